The van der Waals surface area contributed by atoms with Crippen molar-refractivity contribution in [3.63, 3.8) is 0 Å². The second-order valence-corrected chi connectivity index (χ2v) is 21.0. The Morgan fingerprint density at radius 2 is 0.743 bits per heavy atom. The molecule has 0 spiro atoms. The van der Waals surface area contributed by atoms with E-state index in [1.165, 1.54) is 225 Å². The lowest BCUT2D eigenvalue weighted by atomic mass is 10.0. The van der Waals surface area contributed by atoms with Gasteiger partial charge in [-0.15, -0.1) is 0 Å². The lowest BCUT2D eigenvalue weighted by molar-refractivity contribution is -0.143. The number of carbonyl (C=O) groups excluding carboxylic acids is 2. The first-order valence-electron chi connectivity index (χ1n) is 30.9. The fraction of sp³-hybridized carbons (Fsp3) is 0.844. The van der Waals surface area contributed by atoms with Crippen LogP contribution in [0, 0.1) is 0 Å². The molecule has 2 atom stereocenters. The van der Waals surface area contributed by atoms with E-state index < -0.39 is 12.1 Å². The number of unbranched alkanes of at least 4 members (excludes halogenated alkanes) is 38. The molecule has 1 amide bonds. The van der Waals surface area contributed by atoms with Gasteiger partial charge in [0.05, 0.1) is 25.4 Å². The van der Waals surface area contributed by atoms with Crippen molar-refractivity contribution in [2.75, 3.05) is 13.2 Å². The minimum Gasteiger partial charge on any atom is -0.465 e. The first kappa shape index (κ1) is 67.8. The fourth-order valence-corrected chi connectivity index (χ4v) is 9.40. The summed E-state index contributed by atoms with van der Waals surface area (Å²) in [7, 11) is 0. The predicted molar refractivity (Wildman–Crippen MR) is 306 cm³/mol. The first-order chi connectivity index (χ1) is 34.5. The molecule has 0 radical (unpaired) electrons. The largest absolute Gasteiger partial charge is 0.465 e. The Hall–Kier alpha value is -2.18. The number of aliphatic hydroxyl groups excluding tert-OH is 2. The molecule has 0 rings (SSSR count). The van der Waals surface area contributed by atoms with Crippen molar-refractivity contribution in [3.05, 3.63) is 48.6 Å². The summed E-state index contributed by atoms with van der Waals surface area (Å²) in [6.07, 6.45) is 75.6. The number of carbonyl (C=O) groups is 2. The van der Waals surface area contributed by atoms with E-state index in [4.69, 9.17) is 4.74 Å². The molecular formula is C64H119NO5. The van der Waals surface area contributed by atoms with E-state index >= 15 is 0 Å². The Morgan fingerprint density at radius 3 is 1.14 bits per heavy atom. The van der Waals surface area contributed by atoms with E-state index in [1.54, 1.807) is 0 Å². The number of aliphatic hydroxyl groups is 2. The third-order valence-corrected chi connectivity index (χ3v) is 14.1. The number of amides is 1. The molecule has 0 heterocycles. The van der Waals surface area contributed by atoms with E-state index in [0.717, 1.165) is 64.2 Å². The predicted octanol–water partition coefficient (Wildman–Crippen LogP) is 19.4. The van der Waals surface area contributed by atoms with Gasteiger partial charge in [0.15, 0.2) is 0 Å². The quantitative estimate of drug-likeness (QED) is 0.0321. The Kier molecular flexibility index (Phi) is 57.5. The van der Waals surface area contributed by atoms with Gasteiger partial charge in [0.2, 0.25) is 5.91 Å². The third-order valence-electron chi connectivity index (χ3n) is 14.1. The molecule has 0 saturated heterocycles. The molecule has 6 nitrogen and oxygen atoms in total. The summed E-state index contributed by atoms with van der Waals surface area (Å²) in [5.74, 6) is -0.0887. The van der Waals surface area contributed by atoms with Gasteiger partial charge in [0.1, 0.15) is 0 Å². The Morgan fingerprint density at radius 1 is 0.400 bits per heavy atom. The molecule has 410 valence electrons. The lowest BCUT2D eigenvalue weighted by Crippen LogP contribution is -2.45. The highest BCUT2D eigenvalue weighted by atomic mass is 16.5. The average Bonchev–Trinajstić information content (AvgIpc) is 3.36. The van der Waals surface area contributed by atoms with Crippen LogP contribution in [0.5, 0.6) is 0 Å². The van der Waals surface area contributed by atoms with E-state index in [-0.39, 0.29) is 18.5 Å². The van der Waals surface area contributed by atoms with Crippen LogP contribution in [0.3, 0.4) is 0 Å². The first-order valence-corrected chi connectivity index (χ1v) is 30.9. The SMILES string of the molecule is CCC/C=C\C/C=C\CCCCCCCC(=O)OCC/C=C\C/C=C\CCCCCCCCCCCCCCCCC(=O)NC(CO)C(O)CCCCCCCCCCCCCCCCCCCCC. The van der Waals surface area contributed by atoms with E-state index in [1.807, 2.05) is 0 Å². The maximum atomic E-state index is 12.5. The van der Waals surface area contributed by atoms with Gasteiger partial charge in [-0.05, 0) is 70.6 Å². The fourth-order valence-electron chi connectivity index (χ4n) is 9.40. The lowest BCUT2D eigenvalue weighted by Gasteiger charge is -2.22. The number of hydrogen-bond donors (Lipinski definition) is 3. The van der Waals surface area contributed by atoms with Gasteiger partial charge in [-0.1, -0.05) is 287 Å². The van der Waals surface area contributed by atoms with Gasteiger partial charge in [0.25, 0.3) is 0 Å². The molecule has 0 aromatic carbocycles. The molecular weight excluding hydrogens is 863 g/mol. The van der Waals surface area contributed by atoms with Crippen LogP contribution in [0.15, 0.2) is 48.6 Å². The zero-order valence-corrected chi connectivity index (χ0v) is 46.7. The Balaban J connectivity index is 3.47. The molecule has 6 heteroatoms. The Labute approximate surface area is 436 Å². The van der Waals surface area contributed by atoms with Gasteiger partial charge < -0.3 is 20.3 Å². The summed E-state index contributed by atoms with van der Waals surface area (Å²) < 4.78 is 5.40. The molecule has 0 aromatic rings. The van der Waals surface area contributed by atoms with Crippen LogP contribution < -0.4 is 5.32 Å². The highest BCUT2D eigenvalue weighted by Gasteiger charge is 2.20. The molecule has 3 N–H and O–H groups in total. The maximum Gasteiger partial charge on any atom is 0.305 e. The summed E-state index contributed by atoms with van der Waals surface area (Å²) in [5, 5.41) is 23.4. The van der Waals surface area contributed by atoms with Crippen LogP contribution in [-0.4, -0.2) is 47.4 Å². The van der Waals surface area contributed by atoms with Crippen molar-refractivity contribution in [2.24, 2.45) is 0 Å². The minimum atomic E-state index is -0.669. The average molecular weight is 983 g/mol. The molecule has 0 fully saturated rings. The van der Waals surface area contributed by atoms with Crippen LogP contribution in [0.4, 0.5) is 0 Å². The third kappa shape index (κ3) is 55.1. The normalized spacial score (nSPS) is 12.9. The number of ether oxygens (including phenoxy) is 1. The van der Waals surface area contributed by atoms with Gasteiger partial charge in [-0.2, -0.15) is 0 Å². The number of allylic oxidation sites excluding steroid dienone is 7. The molecule has 0 aliphatic rings. The van der Waals surface area contributed by atoms with Crippen LogP contribution in [-0.2, 0) is 14.3 Å². The number of rotatable bonds is 57. The summed E-state index contributed by atoms with van der Waals surface area (Å²) in [6, 6.07) is -0.547. The smallest absolute Gasteiger partial charge is 0.305 e. The van der Waals surface area contributed by atoms with Crippen molar-refractivity contribution in [1.82, 2.24) is 5.32 Å². The monoisotopic (exact) mass is 982 g/mol. The molecule has 0 aromatic heterocycles. The number of hydrogen-bond acceptors (Lipinski definition) is 5. The zero-order valence-electron chi connectivity index (χ0n) is 46.7. The summed E-state index contributed by atoms with van der Waals surface area (Å²) in [4.78, 5) is 24.5. The van der Waals surface area contributed by atoms with Crippen LogP contribution in [0.1, 0.15) is 322 Å². The standard InChI is InChI=1S/C64H119NO5/c1-3-5-7-9-11-13-15-17-18-19-23-26-29-33-36-40-44-48-52-56-62(67)61(60-66)65-63(68)57-53-49-45-41-37-34-30-27-24-21-20-22-25-28-31-35-39-43-47-51-55-59-70-64(69)58-54-50-46-42-38-32-16-14-12-10-8-6-4-2/h8,10,14,16,35,39,47,51,61-62,66-67H,3-7,9,11-13,15,17-34,36-38,40-46,48-50,52-60H2,1-2H3,(H,65,68)/b10-8-,16-14-,39-35-,51-47-. The topological polar surface area (TPSA) is 95.9 Å². The summed E-state index contributed by atoms with van der Waals surface area (Å²) in [5.41, 5.74) is 0. The van der Waals surface area contributed by atoms with Crippen molar-refractivity contribution in [2.45, 2.75) is 334 Å². The second-order valence-electron chi connectivity index (χ2n) is 21.0. The zero-order chi connectivity index (χ0) is 50.7. The Bertz CT molecular complexity index is 1180. The van der Waals surface area contributed by atoms with Crippen LogP contribution in [0.25, 0.3) is 0 Å². The molecule has 0 saturated carbocycles. The van der Waals surface area contributed by atoms with E-state index in [0.29, 0.717) is 25.9 Å². The van der Waals surface area contributed by atoms with Crippen LogP contribution >= 0.6 is 0 Å². The van der Waals surface area contributed by atoms with Crippen LogP contribution in [0.2, 0.25) is 0 Å². The van der Waals surface area contributed by atoms with Gasteiger partial charge >= 0.3 is 5.97 Å². The second kappa shape index (κ2) is 59.4. The van der Waals surface area contributed by atoms with Gasteiger partial charge in [0, 0.05) is 12.8 Å². The van der Waals surface area contributed by atoms with Gasteiger partial charge in [-0.3, -0.25) is 9.59 Å². The molecule has 2 unspecified atom stereocenters. The van der Waals surface area contributed by atoms with Crippen molar-refractivity contribution >= 4 is 11.9 Å². The molecule has 0 aliphatic heterocycles. The maximum absolute atomic E-state index is 12.5. The van der Waals surface area contributed by atoms with Crippen molar-refractivity contribution in [3.8, 4) is 0 Å². The summed E-state index contributed by atoms with van der Waals surface area (Å²) in [6.45, 7) is 4.79. The molecule has 0 bridgehead atoms. The minimum absolute atomic E-state index is 0.0381. The van der Waals surface area contributed by atoms with E-state index in [9.17, 15) is 19.8 Å². The summed E-state index contributed by atoms with van der Waals surface area (Å²) >= 11 is 0. The number of nitrogens with one attached hydrogen (secondary N) is 1. The van der Waals surface area contributed by atoms with E-state index in [2.05, 4.69) is 67.8 Å². The molecule has 70 heavy (non-hydrogen) atoms. The highest BCUT2D eigenvalue weighted by molar-refractivity contribution is 5.76. The van der Waals surface area contributed by atoms with Gasteiger partial charge in [-0.25, -0.2) is 0 Å². The number of esters is 1. The highest BCUT2D eigenvalue weighted by Crippen LogP contribution is 2.18. The van der Waals surface area contributed by atoms with Crippen molar-refractivity contribution in [1.29, 1.82) is 0 Å². The van der Waals surface area contributed by atoms with Crippen molar-refractivity contribution < 1.29 is 24.5 Å². The molecule has 0 aliphatic carbocycles.